The first-order valence-electron chi connectivity index (χ1n) is 7.06. The summed E-state index contributed by atoms with van der Waals surface area (Å²) < 4.78 is 0. The zero-order valence-electron chi connectivity index (χ0n) is 11.9. The average molecular weight is 278 g/mol. The summed E-state index contributed by atoms with van der Waals surface area (Å²) in [6.45, 7) is 3.54. The van der Waals surface area contributed by atoms with Crippen LogP contribution in [-0.2, 0) is 12.8 Å². The molecule has 0 fully saturated rings. The van der Waals surface area contributed by atoms with Crippen molar-refractivity contribution in [3.8, 4) is 0 Å². The van der Waals surface area contributed by atoms with Gasteiger partial charge < -0.3 is 0 Å². The molecule has 4 nitrogen and oxygen atoms in total. The Morgan fingerprint density at radius 2 is 1.43 bits per heavy atom. The number of carbonyl (C=O) groups excluding carboxylic acids is 2. The lowest BCUT2D eigenvalue weighted by Gasteiger charge is -2.24. The summed E-state index contributed by atoms with van der Waals surface area (Å²) in [4.78, 5) is 25.2. The van der Waals surface area contributed by atoms with Gasteiger partial charge >= 0.3 is 0 Å². The van der Waals surface area contributed by atoms with E-state index in [9.17, 15) is 9.59 Å². The molecule has 0 N–H and O–H groups in total. The Kier molecular flexibility index (Phi) is 2.34. The minimum Gasteiger partial charge on any atom is -0.267 e. The maximum absolute atomic E-state index is 12.6. The molecule has 1 aliphatic carbocycles. The van der Waals surface area contributed by atoms with Crippen molar-refractivity contribution in [2.75, 3.05) is 0 Å². The van der Waals surface area contributed by atoms with Gasteiger partial charge in [-0.1, -0.05) is 12.1 Å². The second kappa shape index (κ2) is 4.01. The van der Waals surface area contributed by atoms with Crippen LogP contribution in [0.25, 0.3) is 10.8 Å². The predicted molar refractivity (Wildman–Crippen MR) is 80.6 cm³/mol. The molecule has 1 heterocycles. The number of imide groups is 1. The topological polar surface area (TPSA) is 49.7 Å². The Morgan fingerprint density at radius 1 is 0.905 bits per heavy atom. The van der Waals surface area contributed by atoms with Gasteiger partial charge in [-0.15, -0.1) is 0 Å². The standard InChI is InChI=1S/C17H14N2O2/c1-9(2)18-19-16(20)12-7-5-10-3-4-11-6-8-13(17(19)21)15(12)14(10)11/h5-8H,3-4H2,1-2H3. The molecule has 0 spiro atoms. The van der Waals surface area contributed by atoms with E-state index >= 15 is 0 Å². The Morgan fingerprint density at radius 3 is 1.90 bits per heavy atom. The maximum atomic E-state index is 12.6. The fraction of sp³-hybridized carbons (Fsp3) is 0.235. The molecule has 4 heteroatoms. The van der Waals surface area contributed by atoms with Crippen LogP contribution >= 0.6 is 0 Å². The molecule has 2 aromatic rings. The number of rotatable bonds is 1. The van der Waals surface area contributed by atoms with Gasteiger partial charge in [0.25, 0.3) is 11.8 Å². The number of aryl methyl sites for hydroxylation is 2. The second-order valence-corrected chi connectivity index (χ2v) is 5.76. The van der Waals surface area contributed by atoms with Crippen LogP contribution in [0.2, 0.25) is 0 Å². The Bertz CT molecular complexity index is 802. The number of hydrogen-bond donors (Lipinski definition) is 0. The summed E-state index contributed by atoms with van der Waals surface area (Å²) >= 11 is 0. The van der Waals surface area contributed by atoms with Crippen LogP contribution in [0.15, 0.2) is 29.4 Å². The van der Waals surface area contributed by atoms with Gasteiger partial charge in [-0.05, 0) is 55.3 Å². The van der Waals surface area contributed by atoms with Crippen LogP contribution in [-0.4, -0.2) is 22.5 Å². The smallest absolute Gasteiger partial charge is 0.267 e. The van der Waals surface area contributed by atoms with Crippen molar-refractivity contribution in [3.63, 3.8) is 0 Å². The summed E-state index contributed by atoms with van der Waals surface area (Å²) in [6, 6.07) is 7.68. The Balaban J connectivity index is 2.08. The van der Waals surface area contributed by atoms with Gasteiger partial charge in [0.1, 0.15) is 0 Å². The highest BCUT2D eigenvalue weighted by Crippen LogP contribution is 2.38. The van der Waals surface area contributed by atoms with Gasteiger partial charge in [0.2, 0.25) is 0 Å². The number of amides is 2. The van der Waals surface area contributed by atoms with E-state index in [2.05, 4.69) is 5.10 Å². The van der Waals surface area contributed by atoms with E-state index in [1.54, 1.807) is 13.8 Å². The summed E-state index contributed by atoms with van der Waals surface area (Å²) in [5.41, 5.74) is 4.30. The minimum absolute atomic E-state index is 0.329. The monoisotopic (exact) mass is 278 g/mol. The van der Waals surface area contributed by atoms with Gasteiger partial charge in [0.05, 0.1) is 11.1 Å². The molecule has 0 radical (unpaired) electrons. The van der Waals surface area contributed by atoms with Crippen molar-refractivity contribution in [1.29, 1.82) is 0 Å². The fourth-order valence-electron chi connectivity index (χ4n) is 3.30. The van der Waals surface area contributed by atoms with Crippen LogP contribution in [0, 0.1) is 0 Å². The third-order valence-electron chi connectivity index (χ3n) is 4.14. The molecule has 0 saturated heterocycles. The molecular formula is C17H14N2O2. The lowest BCUT2D eigenvalue weighted by atomic mass is 9.92. The molecule has 2 amide bonds. The van der Waals surface area contributed by atoms with Gasteiger partial charge in [0.15, 0.2) is 0 Å². The number of nitrogens with zero attached hydrogens (tertiary/aromatic N) is 2. The Labute approximate surface area is 122 Å². The first kappa shape index (κ1) is 12.3. The third-order valence-corrected chi connectivity index (χ3v) is 4.14. The number of hydrogen-bond acceptors (Lipinski definition) is 3. The van der Waals surface area contributed by atoms with E-state index < -0.39 is 0 Å². The zero-order valence-corrected chi connectivity index (χ0v) is 11.9. The molecule has 2 aliphatic rings. The van der Waals surface area contributed by atoms with E-state index in [0.29, 0.717) is 16.8 Å². The van der Waals surface area contributed by atoms with Crippen LogP contribution in [0.1, 0.15) is 45.7 Å². The van der Waals surface area contributed by atoms with Crippen molar-refractivity contribution in [2.45, 2.75) is 26.7 Å². The highest BCUT2D eigenvalue weighted by molar-refractivity contribution is 6.26. The van der Waals surface area contributed by atoms with Crippen molar-refractivity contribution < 1.29 is 9.59 Å². The van der Waals surface area contributed by atoms with Crippen LogP contribution in [0.5, 0.6) is 0 Å². The molecule has 0 saturated carbocycles. The minimum atomic E-state index is -0.329. The molecule has 0 aromatic heterocycles. The number of benzene rings is 2. The lowest BCUT2D eigenvalue weighted by Crippen LogP contribution is -2.36. The summed E-state index contributed by atoms with van der Waals surface area (Å²) in [5, 5.41) is 7.00. The molecule has 4 rings (SSSR count). The molecular weight excluding hydrogens is 264 g/mol. The number of carbonyl (C=O) groups is 2. The lowest BCUT2D eigenvalue weighted by molar-refractivity contribution is 0.0615. The van der Waals surface area contributed by atoms with Crippen LogP contribution in [0.3, 0.4) is 0 Å². The van der Waals surface area contributed by atoms with Gasteiger partial charge in [-0.25, -0.2) is 0 Å². The van der Waals surface area contributed by atoms with E-state index in [0.717, 1.165) is 28.6 Å². The van der Waals surface area contributed by atoms with Crippen molar-refractivity contribution in [1.82, 2.24) is 5.01 Å². The normalized spacial score (nSPS) is 15.8. The molecule has 1 aliphatic heterocycles. The van der Waals surface area contributed by atoms with E-state index in [1.807, 2.05) is 24.3 Å². The van der Waals surface area contributed by atoms with E-state index in [4.69, 9.17) is 0 Å². The molecule has 21 heavy (non-hydrogen) atoms. The first-order chi connectivity index (χ1) is 10.1. The molecule has 2 aromatic carbocycles. The third kappa shape index (κ3) is 1.53. The largest absolute Gasteiger partial charge is 0.282 e. The predicted octanol–water partition coefficient (Wildman–Crippen LogP) is 2.93. The second-order valence-electron chi connectivity index (χ2n) is 5.76. The van der Waals surface area contributed by atoms with Crippen molar-refractivity contribution in [2.24, 2.45) is 5.10 Å². The van der Waals surface area contributed by atoms with Gasteiger partial charge in [-0.3, -0.25) is 9.59 Å². The average Bonchev–Trinajstić information content (AvgIpc) is 2.88. The summed E-state index contributed by atoms with van der Waals surface area (Å²) in [5.74, 6) is -0.659. The summed E-state index contributed by atoms with van der Waals surface area (Å²) in [7, 11) is 0. The fourth-order valence-corrected chi connectivity index (χ4v) is 3.30. The zero-order chi connectivity index (χ0) is 14.7. The quantitative estimate of drug-likeness (QED) is 0.595. The van der Waals surface area contributed by atoms with Crippen LogP contribution < -0.4 is 0 Å². The summed E-state index contributed by atoms with van der Waals surface area (Å²) in [6.07, 6.45) is 1.96. The van der Waals surface area contributed by atoms with Crippen LogP contribution in [0.4, 0.5) is 0 Å². The van der Waals surface area contributed by atoms with E-state index in [-0.39, 0.29) is 11.8 Å². The molecule has 0 unspecified atom stereocenters. The van der Waals surface area contributed by atoms with Crippen molar-refractivity contribution in [3.05, 3.63) is 46.5 Å². The molecule has 104 valence electrons. The molecule has 0 bridgehead atoms. The number of hydrazone groups is 1. The van der Waals surface area contributed by atoms with E-state index in [1.165, 1.54) is 11.1 Å². The molecule has 0 atom stereocenters. The highest BCUT2D eigenvalue weighted by Gasteiger charge is 2.35. The van der Waals surface area contributed by atoms with Gasteiger partial charge in [-0.2, -0.15) is 10.1 Å². The Hall–Kier alpha value is -2.49. The SMILES string of the molecule is CC(C)=NN1C(=O)c2ccc3c4c(ccc(c24)C1=O)CC3. The maximum Gasteiger partial charge on any atom is 0.282 e. The van der Waals surface area contributed by atoms with Gasteiger partial charge in [0, 0.05) is 11.1 Å². The van der Waals surface area contributed by atoms with Crippen molar-refractivity contribution >= 4 is 28.3 Å². The highest BCUT2D eigenvalue weighted by atomic mass is 16.2. The first-order valence-corrected chi connectivity index (χ1v) is 7.06.